The second kappa shape index (κ2) is 4.45. The maximum Gasteiger partial charge on any atom is 0.294 e. The van der Waals surface area contributed by atoms with Gasteiger partial charge in [-0.05, 0) is 35.4 Å². The largest absolute Gasteiger partial charge is 0.504 e. The van der Waals surface area contributed by atoms with Crippen molar-refractivity contribution in [3.63, 3.8) is 0 Å². The molecule has 1 radical (unpaired) electrons. The minimum absolute atomic E-state index is 0.154. The Morgan fingerprint density at radius 1 is 0.952 bits per heavy atom. The van der Waals surface area contributed by atoms with E-state index in [9.17, 15) is 25.2 Å². The van der Waals surface area contributed by atoms with Crippen LogP contribution in [-0.2, 0) is 0 Å². The van der Waals surface area contributed by atoms with Gasteiger partial charge in [-0.2, -0.15) is 0 Å². The summed E-state index contributed by atoms with van der Waals surface area (Å²) in [5.74, 6) is -1.92. The number of fused-ring (bicyclic) bond motifs is 1. The molecule has 6 heteroatoms. The minimum atomic E-state index is -0.801. The van der Waals surface area contributed by atoms with E-state index < -0.39 is 17.1 Å². The Hall–Kier alpha value is -3.15. The van der Waals surface area contributed by atoms with Gasteiger partial charge in [0.25, 0.3) is 5.95 Å². The van der Waals surface area contributed by atoms with Gasteiger partial charge in [0, 0.05) is 5.56 Å². The van der Waals surface area contributed by atoms with E-state index in [0.29, 0.717) is 11.1 Å². The summed E-state index contributed by atoms with van der Waals surface area (Å²) in [5, 5.41) is 38.4. The van der Waals surface area contributed by atoms with E-state index in [1.54, 1.807) is 0 Å². The molecule has 0 amide bonds. The van der Waals surface area contributed by atoms with Crippen LogP contribution in [0.3, 0.4) is 0 Å². The van der Waals surface area contributed by atoms with E-state index in [4.69, 9.17) is 0 Å². The third-order valence-corrected chi connectivity index (χ3v) is 3.16. The molecule has 1 aliphatic carbocycles. The van der Waals surface area contributed by atoms with Crippen LogP contribution in [0.1, 0.15) is 0 Å². The molecule has 21 heavy (non-hydrogen) atoms. The fourth-order valence-corrected chi connectivity index (χ4v) is 2.11. The zero-order valence-corrected chi connectivity index (χ0v) is 10.5. The van der Waals surface area contributed by atoms with E-state index in [-0.39, 0.29) is 22.6 Å². The normalized spacial score (nSPS) is 10.9. The molecule has 3 rings (SSSR count). The number of benzene rings is 2. The van der Waals surface area contributed by atoms with Gasteiger partial charge in [0.2, 0.25) is 5.43 Å². The highest BCUT2D eigenvalue weighted by Gasteiger charge is 2.21. The van der Waals surface area contributed by atoms with Crippen molar-refractivity contribution in [2.24, 2.45) is 0 Å². The molecule has 1 aliphatic heterocycles. The lowest BCUT2D eigenvalue weighted by Crippen LogP contribution is -2.07. The number of hydrogen-bond donors (Lipinski definition) is 4. The van der Waals surface area contributed by atoms with Gasteiger partial charge in [-0.15, -0.1) is 0 Å². The number of phenols is 3. The molecule has 1 heterocycles. The van der Waals surface area contributed by atoms with Crippen molar-refractivity contribution >= 4 is 0 Å². The summed E-state index contributed by atoms with van der Waals surface area (Å²) < 4.78 is 4.60. The maximum atomic E-state index is 12.1. The summed E-state index contributed by atoms with van der Waals surface area (Å²) in [6.07, 6.45) is 2.31. The Balaban J connectivity index is 2.34. The lowest BCUT2D eigenvalue weighted by molar-refractivity contribution is 0.321. The molecule has 1 aromatic carbocycles. The molecule has 0 unspecified atom stereocenters. The predicted octanol–water partition coefficient (Wildman–Crippen LogP) is 2.03. The van der Waals surface area contributed by atoms with Crippen LogP contribution < -0.4 is 5.43 Å². The average molecular weight is 285 g/mol. The molecule has 0 bridgehead atoms. The van der Waals surface area contributed by atoms with Crippen LogP contribution in [0.15, 0.2) is 39.5 Å². The SMILES string of the molecule is O=c1c(O)c(-c2ccc(O)c(O)c2)cc2c[c]oc(O)c1-2. The maximum absolute atomic E-state index is 12.1. The highest BCUT2D eigenvalue weighted by molar-refractivity contribution is 5.82. The molecular weight excluding hydrogens is 276 g/mol. The van der Waals surface area contributed by atoms with Crippen molar-refractivity contribution < 1.29 is 24.8 Å². The van der Waals surface area contributed by atoms with Crippen LogP contribution in [0.2, 0.25) is 0 Å². The lowest BCUT2D eigenvalue weighted by atomic mass is 9.96. The standard InChI is InChI=1S/C15H9O6/c16-10-2-1-7(6-11(10)17)9-5-8-3-4-21-15(20)12(8)14(19)13(9)18/h1-3,5-6,16-18,20H. The van der Waals surface area contributed by atoms with Gasteiger partial charge in [0.15, 0.2) is 23.5 Å². The molecule has 0 fully saturated rings. The Morgan fingerprint density at radius 2 is 1.71 bits per heavy atom. The Labute approximate surface area is 118 Å². The Morgan fingerprint density at radius 3 is 2.43 bits per heavy atom. The number of phenolic OH excluding ortho intramolecular Hbond substituents is 3. The van der Waals surface area contributed by atoms with Crippen molar-refractivity contribution in [1.29, 1.82) is 0 Å². The fraction of sp³-hybridized carbons (Fsp3) is 0. The molecule has 2 aliphatic rings. The first-order chi connectivity index (χ1) is 9.99. The zero-order valence-electron chi connectivity index (χ0n) is 10.5. The van der Waals surface area contributed by atoms with Crippen molar-refractivity contribution in [2.45, 2.75) is 0 Å². The van der Waals surface area contributed by atoms with Gasteiger partial charge in [-0.3, -0.25) is 4.79 Å². The zero-order chi connectivity index (χ0) is 15.1. The monoisotopic (exact) mass is 285 g/mol. The second-order valence-electron chi connectivity index (χ2n) is 4.44. The quantitative estimate of drug-likeness (QED) is 0.509. The Kier molecular flexibility index (Phi) is 2.72. The third kappa shape index (κ3) is 1.93. The topological polar surface area (TPSA) is 111 Å². The van der Waals surface area contributed by atoms with Crippen LogP contribution in [0.5, 0.6) is 23.2 Å². The van der Waals surface area contributed by atoms with E-state index in [1.165, 1.54) is 30.3 Å². The molecule has 105 valence electrons. The molecule has 4 N–H and O–H groups in total. The second-order valence-corrected chi connectivity index (χ2v) is 4.44. The summed E-state index contributed by atoms with van der Waals surface area (Å²) in [6.45, 7) is 0. The first-order valence-electron chi connectivity index (χ1n) is 5.90. The highest BCUT2D eigenvalue weighted by Crippen LogP contribution is 2.38. The van der Waals surface area contributed by atoms with E-state index in [2.05, 4.69) is 10.7 Å². The summed E-state index contributed by atoms with van der Waals surface area (Å²) in [4.78, 5) is 12.1. The first-order valence-corrected chi connectivity index (χ1v) is 5.90. The molecule has 0 atom stereocenters. The highest BCUT2D eigenvalue weighted by atomic mass is 16.5. The van der Waals surface area contributed by atoms with Gasteiger partial charge in [-0.25, -0.2) is 0 Å². The average Bonchev–Trinajstić information content (AvgIpc) is 2.46. The van der Waals surface area contributed by atoms with Gasteiger partial charge >= 0.3 is 0 Å². The molecule has 0 aromatic heterocycles. The first kappa shape index (κ1) is 12.9. The summed E-state index contributed by atoms with van der Waals surface area (Å²) in [7, 11) is 0. The van der Waals surface area contributed by atoms with Crippen LogP contribution in [0, 0.1) is 6.26 Å². The molecule has 1 aromatic rings. The van der Waals surface area contributed by atoms with Crippen LogP contribution in [0.4, 0.5) is 0 Å². The smallest absolute Gasteiger partial charge is 0.294 e. The van der Waals surface area contributed by atoms with E-state index >= 15 is 0 Å². The van der Waals surface area contributed by atoms with Gasteiger partial charge in [0.1, 0.15) is 5.56 Å². The van der Waals surface area contributed by atoms with E-state index in [1.807, 2.05) is 0 Å². The molecular formula is C15H9O6. The number of hydrogen-bond acceptors (Lipinski definition) is 6. The fourth-order valence-electron chi connectivity index (χ4n) is 2.11. The Bertz CT molecular complexity index is 865. The van der Waals surface area contributed by atoms with Crippen molar-refractivity contribution in [2.75, 3.05) is 0 Å². The number of rotatable bonds is 1. The molecule has 0 saturated heterocycles. The van der Waals surface area contributed by atoms with Crippen molar-refractivity contribution in [3.8, 4) is 45.4 Å². The summed E-state index contributed by atoms with van der Waals surface area (Å²) in [6, 6.07) is 6.69. The molecule has 0 saturated carbocycles. The van der Waals surface area contributed by atoms with Crippen molar-refractivity contribution in [1.82, 2.24) is 0 Å². The van der Waals surface area contributed by atoms with E-state index in [0.717, 1.165) is 0 Å². The van der Waals surface area contributed by atoms with Crippen LogP contribution in [0.25, 0.3) is 22.3 Å². The van der Waals surface area contributed by atoms with Gasteiger partial charge in [0.05, 0.1) is 0 Å². The predicted molar refractivity (Wildman–Crippen MR) is 72.5 cm³/mol. The lowest BCUT2D eigenvalue weighted by Gasteiger charge is -2.11. The molecule has 6 nitrogen and oxygen atoms in total. The summed E-state index contributed by atoms with van der Waals surface area (Å²) >= 11 is 0. The number of aromatic hydroxyl groups is 4. The van der Waals surface area contributed by atoms with Gasteiger partial charge in [-0.1, -0.05) is 6.07 Å². The third-order valence-electron chi connectivity index (χ3n) is 3.16. The van der Waals surface area contributed by atoms with Gasteiger partial charge < -0.3 is 24.8 Å². The minimum Gasteiger partial charge on any atom is -0.504 e. The van der Waals surface area contributed by atoms with Crippen LogP contribution in [-0.4, -0.2) is 20.4 Å². The van der Waals surface area contributed by atoms with Crippen molar-refractivity contribution in [3.05, 3.63) is 46.8 Å². The summed E-state index contributed by atoms with van der Waals surface area (Å²) in [5.41, 5.74) is -0.142. The molecule has 0 spiro atoms. The van der Waals surface area contributed by atoms with Crippen LogP contribution >= 0.6 is 0 Å².